The van der Waals surface area contributed by atoms with Crippen molar-refractivity contribution in [3.05, 3.63) is 76.0 Å². The van der Waals surface area contributed by atoms with Crippen LogP contribution in [0.25, 0.3) is 11.9 Å². The second-order valence-corrected chi connectivity index (χ2v) is 5.76. The summed E-state index contributed by atoms with van der Waals surface area (Å²) in [6.07, 6.45) is 13.0. The van der Waals surface area contributed by atoms with Gasteiger partial charge in [-0.05, 0) is 24.6 Å². The highest BCUT2D eigenvalue weighted by atomic mass is 16.3. The SMILES string of the molecule is CC1C=CCC=Cc2c1[nH]cc1nc(Cc3ccco3)c(=O)n2-1. The summed E-state index contributed by atoms with van der Waals surface area (Å²) in [6.45, 7) is 2.11. The van der Waals surface area contributed by atoms with E-state index in [0.29, 0.717) is 17.9 Å². The van der Waals surface area contributed by atoms with E-state index in [9.17, 15) is 4.79 Å². The first-order valence-corrected chi connectivity index (χ1v) is 7.72. The van der Waals surface area contributed by atoms with Gasteiger partial charge in [0.1, 0.15) is 11.5 Å². The van der Waals surface area contributed by atoms with Gasteiger partial charge in [-0.2, -0.15) is 0 Å². The van der Waals surface area contributed by atoms with Crippen LogP contribution in [0.5, 0.6) is 0 Å². The molecular weight excluding hydrogens is 290 g/mol. The van der Waals surface area contributed by atoms with Gasteiger partial charge in [-0.25, -0.2) is 4.98 Å². The van der Waals surface area contributed by atoms with Crippen LogP contribution in [0.1, 0.15) is 42.1 Å². The van der Waals surface area contributed by atoms with Gasteiger partial charge in [0.05, 0.1) is 18.4 Å². The summed E-state index contributed by atoms with van der Waals surface area (Å²) in [7, 11) is 0. The molecule has 0 amide bonds. The number of nitrogens with one attached hydrogen (secondary N) is 1. The van der Waals surface area contributed by atoms with Crippen LogP contribution in [0.15, 0.2) is 52.0 Å². The standard InChI is InChI=1S/C18H17N3O2/c1-12-6-3-2-4-8-15-17(12)19-11-16-20-14(18(22)21(15)16)10-13-7-5-9-23-13/h3-9,11-12,19H,2,10H2,1H3. The van der Waals surface area contributed by atoms with E-state index in [1.165, 1.54) is 0 Å². The van der Waals surface area contributed by atoms with Crippen LogP contribution in [0.4, 0.5) is 0 Å². The molecule has 1 aromatic rings. The number of allylic oxidation sites excluding steroid dienone is 3. The van der Waals surface area contributed by atoms with E-state index in [0.717, 1.165) is 23.6 Å². The van der Waals surface area contributed by atoms with Crippen LogP contribution in [0.2, 0.25) is 0 Å². The third-order valence-corrected chi connectivity index (χ3v) is 4.15. The lowest BCUT2D eigenvalue weighted by Crippen LogP contribution is -2.20. The number of nitrogens with zero attached hydrogens (tertiary/aromatic N) is 2. The van der Waals surface area contributed by atoms with Crippen LogP contribution < -0.4 is 5.56 Å². The van der Waals surface area contributed by atoms with Crippen LogP contribution in [-0.4, -0.2) is 14.5 Å². The molecule has 5 nitrogen and oxygen atoms in total. The normalized spacial score (nSPS) is 17.2. The average Bonchev–Trinajstić information content (AvgIpc) is 3.14. The first kappa shape index (κ1) is 13.8. The zero-order valence-electron chi connectivity index (χ0n) is 12.8. The molecule has 0 saturated heterocycles. The number of rotatable bonds is 2. The first-order chi connectivity index (χ1) is 11.2. The summed E-state index contributed by atoms with van der Waals surface area (Å²) >= 11 is 0. The molecule has 3 aliphatic rings. The van der Waals surface area contributed by atoms with Crippen molar-refractivity contribution in [3.8, 4) is 5.82 Å². The number of aromatic nitrogens is 3. The summed E-state index contributed by atoms with van der Waals surface area (Å²) in [5, 5.41) is 0. The van der Waals surface area contributed by atoms with Crippen molar-refractivity contribution in [3.63, 3.8) is 0 Å². The van der Waals surface area contributed by atoms with E-state index in [1.54, 1.807) is 17.0 Å². The summed E-state index contributed by atoms with van der Waals surface area (Å²) < 4.78 is 7.03. The number of furan rings is 1. The average molecular weight is 307 g/mol. The van der Waals surface area contributed by atoms with Gasteiger partial charge in [-0.1, -0.05) is 25.2 Å². The van der Waals surface area contributed by atoms with E-state index < -0.39 is 0 Å². The highest BCUT2D eigenvalue weighted by Crippen LogP contribution is 2.25. The van der Waals surface area contributed by atoms with Crippen molar-refractivity contribution in [1.82, 2.24) is 14.5 Å². The number of imidazole rings is 1. The second-order valence-electron chi connectivity index (χ2n) is 5.76. The van der Waals surface area contributed by atoms with Gasteiger partial charge in [0.25, 0.3) is 5.56 Å². The van der Waals surface area contributed by atoms with Crippen LogP contribution in [0.3, 0.4) is 0 Å². The fraction of sp³-hybridized carbons (Fsp3) is 0.222. The van der Waals surface area contributed by atoms with Crippen molar-refractivity contribution in [2.75, 3.05) is 0 Å². The van der Waals surface area contributed by atoms with Crippen LogP contribution in [-0.2, 0) is 6.42 Å². The lowest BCUT2D eigenvalue weighted by atomic mass is 10.0. The minimum Gasteiger partial charge on any atom is -0.469 e. The molecule has 0 fully saturated rings. The van der Waals surface area contributed by atoms with E-state index >= 15 is 0 Å². The second kappa shape index (κ2) is 5.43. The smallest absolute Gasteiger partial charge is 0.279 e. The molecule has 0 bridgehead atoms. The monoisotopic (exact) mass is 307 g/mol. The molecule has 1 aromatic heterocycles. The molecule has 0 aromatic carbocycles. The minimum absolute atomic E-state index is 0.0805. The van der Waals surface area contributed by atoms with Gasteiger partial charge in [0.2, 0.25) is 0 Å². The Bertz CT molecular complexity index is 912. The zero-order chi connectivity index (χ0) is 15.8. The van der Waals surface area contributed by atoms with E-state index in [1.807, 2.05) is 18.2 Å². The molecule has 2 aliphatic heterocycles. The molecule has 116 valence electrons. The van der Waals surface area contributed by atoms with Crippen LogP contribution >= 0.6 is 0 Å². The Morgan fingerprint density at radius 2 is 2.35 bits per heavy atom. The lowest BCUT2D eigenvalue weighted by Gasteiger charge is -2.17. The van der Waals surface area contributed by atoms with Crippen molar-refractivity contribution in [2.45, 2.75) is 25.7 Å². The molecule has 1 unspecified atom stereocenters. The molecular formula is C18H17N3O2. The molecule has 5 heteroatoms. The molecule has 1 N–H and O–H groups in total. The minimum atomic E-state index is -0.0805. The number of aromatic amines is 1. The van der Waals surface area contributed by atoms with Crippen molar-refractivity contribution in [2.24, 2.45) is 0 Å². The number of H-pyrrole nitrogens is 1. The van der Waals surface area contributed by atoms with Gasteiger partial charge in [-0.3, -0.25) is 9.36 Å². The Labute approximate surface area is 133 Å². The first-order valence-electron chi connectivity index (χ1n) is 7.72. The molecule has 0 radical (unpaired) electrons. The summed E-state index contributed by atoms with van der Waals surface area (Å²) in [6, 6.07) is 3.67. The van der Waals surface area contributed by atoms with Crippen molar-refractivity contribution < 1.29 is 4.42 Å². The maximum absolute atomic E-state index is 12.8. The third kappa shape index (κ3) is 2.34. The molecule has 23 heavy (non-hydrogen) atoms. The van der Waals surface area contributed by atoms with Crippen molar-refractivity contribution in [1.29, 1.82) is 0 Å². The third-order valence-electron chi connectivity index (χ3n) is 4.15. The molecule has 1 aliphatic carbocycles. The van der Waals surface area contributed by atoms with Gasteiger partial charge in [0, 0.05) is 17.8 Å². The van der Waals surface area contributed by atoms with E-state index in [2.05, 4.69) is 35.1 Å². The predicted molar refractivity (Wildman–Crippen MR) is 88.1 cm³/mol. The number of fused-ring (bicyclic) bond motifs is 3. The molecule has 4 rings (SSSR count). The fourth-order valence-electron chi connectivity index (χ4n) is 3.00. The largest absolute Gasteiger partial charge is 0.469 e. The summed E-state index contributed by atoms with van der Waals surface area (Å²) in [5.41, 5.74) is 2.31. The quantitative estimate of drug-likeness (QED) is 0.739. The lowest BCUT2D eigenvalue weighted by molar-refractivity contribution is 0.519. The van der Waals surface area contributed by atoms with Gasteiger partial charge < -0.3 is 9.40 Å². The van der Waals surface area contributed by atoms with Gasteiger partial charge in [0.15, 0.2) is 5.82 Å². The topological polar surface area (TPSA) is 63.8 Å². The van der Waals surface area contributed by atoms with Gasteiger partial charge in [-0.15, -0.1) is 0 Å². The maximum Gasteiger partial charge on any atom is 0.279 e. The van der Waals surface area contributed by atoms with E-state index in [4.69, 9.17) is 4.42 Å². The summed E-state index contributed by atoms with van der Waals surface area (Å²) in [4.78, 5) is 20.6. The van der Waals surface area contributed by atoms with Gasteiger partial charge >= 0.3 is 0 Å². The summed E-state index contributed by atoms with van der Waals surface area (Å²) in [5.74, 6) is 1.59. The highest BCUT2D eigenvalue weighted by molar-refractivity contribution is 5.54. The number of hydrogen-bond acceptors (Lipinski definition) is 3. The fourth-order valence-corrected chi connectivity index (χ4v) is 3.00. The Balaban J connectivity index is 1.90. The molecule has 0 saturated carbocycles. The Morgan fingerprint density at radius 3 is 3.17 bits per heavy atom. The van der Waals surface area contributed by atoms with Crippen molar-refractivity contribution >= 4 is 6.08 Å². The molecule has 1 atom stereocenters. The molecule has 3 heterocycles. The Hall–Kier alpha value is -2.82. The van der Waals surface area contributed by atoms with E-state index in [-0.39, 0.29) is 11.5 Å². The predicted octanol–water partition coefficient (Wildman–Crippen LogP) is 3.26. The zero-order valence-corrected chi connectivity index (χ0v) is 12.8. The highest BCUT2D eigenvalue weighted by Gasteiger charge is 2.21. The molecule has 0 spiro atoms. The Kier molecular flexibility index (Phi) is 3.26. The number of hydrogen-bond donors (Lipinski definition) is 1. The maximum atomic E-state index is 12.8. The Morgan fingerprint density at radius 1 is 1.43 bits per heavy atom. The van der Waals surface area contributed by atoms with Crippen LogP contribution in [0, 0.1) is 0 Å².